The van der Waals surface area contributed by atoms with Gasteiger partial charge in [-0.2, -0.15) is 0 Å². The Labute approximate surface area is 115 Å². The summed E-state index contributed by atoms with van der Waals surface area (Å²) < 4.78 is 5.22. The minimum Gasteiger partial charge on any atom is -0.457 e. The van der Waals surface area contributed by atoms with Crippen molar-refractivity contribution in [3.63, 3.8) is 0 Å². The molecule has 0 saturated heterocycles. The molecule has 0 radical (unpaired) electrons. The summed E-state index contributed by atoms with van der Waals surface area (Å²) >= 11 is 0. The van der Waals surface area contributed by atoms with E-state index in [9.17, 15) is 4.79 Å². The molecule has 3 heteroatoms. The summed E-state index contributed by atoms with van der Waals surface area (Å²) in [6.45, 7) is 9.91. The number of nitrogens with one attached hydrogen (secondary N) is 1. The summed E-state index contributed by atoms with van der Waals surface area (Å²) in [4.78, 5) is 14.6. The molecule has 0 unspecified atom stereocenters. The lowest BCUT2D eigenvalue weighted by Gasteiger charge is -2.08. The minimum atomic E-state index is -0.346. The molecule has 0 aliphatic heterocycles. The Bertz CT molecular complexity index is 441. The Morgan fingerprint density at radius 2 is 2.26 bits per heavy atom. The normalized spacial score (nSPS) is 11.7. The first kappa shape index (κ1) is 15.3. The Morgan fingerprint density at radius 3 is 2.79 bits per heavy atom. The van der Waals surface area contributed by atoms with Gasteiger partial charge in [-0.05, 0) is 37.8 Å². The van der Waals surface area contributed by atoms with E-state index in [-0.39, 0.29) is 12.6 Å². The Kier molecular flexibility index (Phi) is 6.13. The third kappa shape index (κ3) is 5.60. The minimum absolute atomic E-state index is 0.282. The molecule has 1 heterocycles. The van der Waals surface area contributed by atoms with Crippen LogP contribution < -0.4 is 0 Å². The second-order valence-corrected chi connectivity index (χ2v) is 5.14. The first-order chi connectivity index (χ1) is 9.00. The fraction of sp³-hybridized carbons (Fsp3) is 0.438. The monoisotopic (exact) mass is 261 g/mol. The van der Waals surface area contributed by atoms with Crippen LogP contribution in [-0.2, 0) is 9.53 Å². The smallest absolute Gasteiger partial charge is 0.333 e. The van der Waals surface area contributed by atoms with E-state index >= 15 is 0 Å². The summed E-state index contributed by atoms with van der Waals surface area (Å²) in [6, 6.07) is 3.92. The molecule has 1 N–H and O–H groups in total. The second-order valence-electron chi connectivity index (χ2n) is 5.14. The van der Waals surface area contributed by atoms with Crippen molar-refractivity contribution in [2.75, 3.05) is 6.61 Å². The molecule has 1 aromatic rings. The lowest BCUT2D eigenvalue weighted by molar-refractivity contribution is -0.137. The number of carbonyl (C=O) groups excluding carboxylic acids is 1. The zero-order valence-corrected chi connectivity index (χ0v) is 12.0. The van der Waals surface area contributed by atoms with Crippen LogP contribution in [0.4, 0.5) is 0 Å². The van der Waals surface area contributed by atoms with Crippen molar-refractivity contribution < 1.29 is 9.53 Å². The molecular weight excluding hydrogens is 238 g/mol. The van der Waals surface area contributed by atoms with Gasteiger partial charge in [0.25, 0.3) is 0 Å². The van der Waals surface area contributed by atoms with Crippen LogP contribution in [0.15, 0.2) is 36.6 Å². The van der Waals surface area contributed by atoms with Crippen molar-refractivity contribution >= 4 is 11.5 Å². The van der Waals surface area contributed by atoms with E-state index in [2.05, 4.69) is 31.5 Å². The van der Waals surface area contributed by atoms with Crippen LogP contribution >= 0.6 is 0 Å². The van der Waals surface area contributed by atoms with E-state index in [0.717, 1.165) is 24.1 Å². The predicted octanol–water partition coefficient (Wildman–Crippen LogP) is 3.95. The molecule has 1 aromatic heterocycles. The molecule has 0 aliphatic carbocycles. The van der Waals surface area contributed by atoms with E-state index in [1.165, 1.54) is 0 Å². The van der Waals surface area contributed by atoms with Gasteiger partial charge in [-0.3, -0.25) is 0 Å². The highest BCUT2D eigenvalue weighted by atomic mass is 16.5. The van der Waals surface area contributed by atoms with Crippen molar-refractivity contribution in [3.8, 4) is 0 Å². The number of hydrogen-bond donors (Lipinski definition) is 1. The first-order valence-electron chi connectivity index (χ1n) is 6.66. The van der Waals surface area contributed by atoms with Crippen molar-refractivity contribution in [2.24, 2.45) is 5.92 Å². The number of hydrogen-bond acceptors (Lipinski definition) is 2. The van der Waals surface area contributed by atoms with Crippen LogP contribution in [0.2, 0.25) is 0 Å². The van der Waals surface area contributed by atoms with Gasteiger partial charge in [-0.15, -0.1) is 0 Å². The van der Waals surface area contributed by atoms with Gasteiger partial charge in [-0.25, -0.2) is 4.79 Å². The Morgan fingerprint density at radius 1 is 1.53 bits per heavy atom. The van der Waals surface area contributed by atoms with Gasteiger partial charge in [0, 0.05) is 23.0 Å². The third-order valence-corrected chi connectivity index (χ3v) is 2.79. The van der Waals surface area contributed by atoms with Crippen LogP contribution in [0.1, 0.15) is 39.3 Å². The van der Waals surface area contributed by atoms with Crippen LogP contribution in [0.25, 0.3) is 5.57 Å². The summed E-state index contributed by atoms with van der Waals surface area (Å²) in [5.41, 5.74) is 2.44. The topological polar surface area (TPSA) is 42.1 Å². The maximum absolute atomic E-state index is 11.4. The Balaban J connectivity index is 2.65. The van der Waals surface area contributed by atoms with Crippen LogP contribution in [0.3, 0.4) is 0 Å². The van der Waals surface area contributed by atoms with E-state index in [1.807, 2.05) is 18.3 Å². The molecule has 3 nitrogen and oxygen atoms in total. The van der Waals surface area contributed by atoms with E-state index < -0.39 is 0 Å². The van der Waals surface area contributed by atoms with Crippen LogP contribution in [-0.4, -0.2) is 17.6 Å². The van der Waals surface area contributed by atoms with Crippen molar-refractivity contribution in [1.82, 2.24) is 4.98 Å². The van der Waals surface area contributed by atoms with Gasteiger partial charge in [0.05, 0.1) is 0 Å². The molecule has 0 bridgehead atoms. The SMILES string of the molecule is C=C(C)C(=O)OCC(=CCCC(C)C)c1ccc[nH]1. The summed E-state index contributed by atoms with van der Waals surface area (Å²) in [5, 5.41) is 0. The number of allylic oxidation sites excluding steroid dienone is 1. The lowest BCUT2D eigenvalue weighted by atomic mass is 10.1. The standard InChI is InChI=1S/C16H23NO2/c1-12(2)7-5-8-14(15-9-6-10-17-15)11-19-16(18)13(3)4/h6,8-10,12,17H,3,5,7,11H2,1-2,4H3. The zero-order valence-electron chi connectivity index (χ0n) is 12.0. The maximum atomic E-state index is 11.4. The van der Waals surface area contributed by atoms with Crippen LogP contribution in [0.5, 0.6) is 0 Å². The van der Waals surface area contributed by atoms with E-state index in [0.29, 0.717) is 11.5 Å². The predicted molar refractivity (Wildman–Crippen MR) is 78.6 cm³/mol. The molecule has 0 spiro atoms. The molecule has 0 fully saturated rings. The van der Waals surface area contributed by atoms with Gasteiger partial charge in [0.1, 0.15) is 6.61 Å². The van der Waals surface area contributed by atoms with Crippen molar-refractivity contribution in [1.29, 1.82) is 0 Å². The number of aromatic nitrogens is 1. The van der Waals surface area contributed by atoms with E-state index in [4.69, 9.17) is 4.74 Å². The highest BCUT2D eigenvalue weighted by Crippen LogP contribution is 2.16. The molecule has 1 rings (SSSR count). The van der Waals surface area contributed by atoms with Gasteiger partial charge in [0.2, 0.25) is 0 Å². The molecule has 0 amide bonds. The number of H-pyrrole nitrogens is 1. The fourth-order valence-corrected chi connectivity index (χ4v) is 1.63. The summed E-state index contributed by atoms with van der Waals surface area (Å²) in [5.74, 6) is 0.320. The van der Waals surface area contributed by atoms with Gasteiger partial charge < -0.3 is 9.72 Å². The summed E-state index contributed by atoms with van der Waals surface area (Å²) in [7, 11) is 0. The average Bonchev–Trinajstić information content (AvgIpc) is 2.86. The summed E-state index contributed by atoms with van der Waals surface area (Å²) in [6.07, 6.45) is 6.11. The number of carbonyl (C=O) groups is 1. The van der Waals surface area contributed by atoms with Gasteiger partial charge >= 0.3 is 5.97 Å². The quantitative estimate of drug-likeness (QED) is 0.596. The number of ether oxygens (including phenoxy) is 1. The zero-order chi connectivity index (χ0) is 14.3. The van der Waals surface area contributed by atoms with Gasteiger partial charge in [-0.1, -0.05) is 26.5 Å². The highest BCUT2D eigenvalue weighted by molar-refractivity contribution is 5.87. The molecule has 0 aromatic carbocycles. The molecule has 0 saturated carbocycles. The first-order valence-corrected chi connectivity index (χ1v) is 6.66. The second kappa shape index (κ2) is 7.62. The van der Waals surface area contributed by atoms with E-state index in [1.54, 1.807) is 6.92 Å². The van der Waals surface area contributed by atoms with Gasteiger partial charge in [0.15, 0.2) is 0 Å². The third-order valence-electron chi connectivity index (χ3n) is 2.79. The Hall–Kier alpha value is -1.77. The largest absolute Gasteiger partial charge is 0.457 e. The average molecular weight is 261 g/mol. The van der Waals surface area contributed by atoms with Crippen molar-refractivity contribution in [3.05, 3.63) is 42.3 Å². The number of esters is 1. The number of aromatic amines is 1. The number of rotatable bonds is 7. The molecular formula is C16H23NO2. The molecule has 19 heavy (non-hydrogen) atoms. The molecule has 0 atom stereocenters. The maximum Gasteiger partial charge on any atom is 0.333 e. The van der Waals surface area contributed by atoms with Crippen LogP contribution in [0, 0.1) is 5.92 Å². The highest BCUT2D eigenvalue weighted by Gasteiger charge is 2.08. The van der Waals surface area contributed by atoms with Crippen molar-refractivity contribution in [2.45, 2.75) is 33.6 Å². The molecule has 0 aliphatic rings. The lowest BCUT2D eigenvalue weighted by Crippen LogP contribution is -2.08. The molecule has 104 valence electrons. The fourth-order valence-electron chi connectivity index (χ4n) is 1.63.